The average molecular weight is 1460 g/mol. The van der Waals surface area contributed by atoms with Crippen molar-refractivity contribution in [2.75, 3.05) is 12.5 Å². The van der Waals surface area contributed by atoms with Crippen LogP contribution in [0.4, 0.5) is 0 Å². The van der Waals surface area contributed by atoms with Crippen LogP contribution in [0.2, 0.25) is 66.5 Å². The highest BCUT2D eigenvalue weighted by Crippen LogP contribution is 2.46. The molecule has 0 nitrogen and oxygen atoms in total. The summed E-state index contributed by atoms with van der Waals surface area (Å²) >= 11 is 18.8. The molecule has 464 valence electrons. The van der Waals surface area contributed by atoms with Gasteiger partial charge in [-0.15, -0.1) is 68.9 Å². The van der Waals surface area contributed by atoms with Crippen LogP contribution in [0.15, 0.2) is 91.5 Å². The number of rotatable bonds is 18. The molecule has 0 bridgehead atoms. The molecule has 0 aliphatic rings. The van der Waals surface area contributed by atoms with Crippen molar-refractivity contribution < 1.29 is 0 Å². The maximum Gasteiger partial charge on any atom is 0.107 e. The summed E-state index contributed by atoms with van der Waals surface area (Å²) in [5, 5.41) is 0. The molecule has 0 N–H and O–H groups in total. The minimum absolute atomic E-state index is 0.696. The van der Waals surface area contributed by atoms with E-state index in [0.717, 1.165) is 41.0 Å². The van der Waals surface area contributed by atoms with Gasteiger partial charge in [0.05, 0.1) is 19.5 Å². The van der Waals surface area contributed by atoms with E-state index in [-0.39, 0.29) is 0 Å². The predicted molar refractivity (Wildman–Crippen MR) is 416 cm³/mol. The molecular weight excluding hydrogens is 1350 g/mol. The topological polar surface area (TPSA) is 0 Å². The van der Waals surface area contributed by atoms with Crippen molar-refractivity contribution in [3.05, 3.63) is 124 Å². The zero-order valence-corrected chi connectivity index (χ0v) is 69.1. The first-order chi connectivity index (χ1) is 40.3. The largest absolute Gasteiger partial charge is 0.136 e. The van der Waals surface area contributed by atoms with E-state index in [0.29, 0.717) is 66.5 Å². The Bertz CT molecular complexity index is 3180. The number of benzene rings is 2. The fraction of sp³-hybridized carbons (Fsp3) is 0.514. The molecule has 4 heterocycles. The molecule has 0 spiro atoms. The third-order valence-electron chi connectivity index (χ3n) is 19.5. The summed E-state index contributed by atoms with van der Waals surface area (Å²) in [6, 6.07) is 27.2. The molecule has 86 heavy (non-hydrogen) atoms. The van der Waals surface area contributed by atoms with Crippen molar-refractivity contribution in [3.63, 3.8) is 0 Å². The maximum absolute atomic E-state index is 3.78. The molecule has 12 heteroatoms. The first-order valence-corrected chi connectivity index (χ1v) is 47.7. The first kappa shape index (κ1) is 74.7. The van der Waals surface area contributed by atoms with Crippen LogP contribution < -0.4 is 18.0 Å². The lowest BCUT2D eigenvalue weighted by Crippen LogP contribution is -2.54. The van der Waals surface area contributed by atoms with E-state index in [1.807, 2.05) is 45.3 Å². The van der Waals surface area contributed by atoms with E-state index in [1.54, 1.807) is 41.5 Å². The van der Waals surface area contributed by atoms with E-state index in [9.17, 15) is 0 Å². The van der Waals surface area contributed by atoms with Gasteiger partial charge in [-0.2, -0.15) is 0 Å². The summed E-state index contributed by atoms with van der Waals surface area (Å²) in [4.78, 5) is 7.05. The Kier molecular flexibility index (Phi) is 27.8. The summed E-state index contributed by atoms with van der Waals surface area (Å²) in [5.74, 6) is 28.0. The molecule has 0 radical (unpaired) electrons. The molecule has 0 atom stereocenters. The van der Waals surface area contributed by atoms with Crippen LogP contribution in [0.1, 0.15) is 208 Å². The Labute approximate surface area is 571 Å². The number of thiophene rings is 4. The Morgan fingerprint density at radius 1 is 0.279 bits per heavy atom. The lowest BCUT2D eigenvalue weighted by molar-refractivity contribution is 0.837. The first-order valence-electron chi connectivity index (χ1n) is 31.5. The molecule has 6 rings (SSSR count). The van der Waals surface area contributed by atoms with Crippen LogP contribution >= 0.6 is 101 Å². The fourth-order valence-electron chi connectivity index (χ4n) is 16.3. The Balaban J connectivity index is 0.000000314. The van der Waals surface area contributed by atoms with Gasteiger partial charge in [0.2, 0.25) is 0 Å². The minimum atomic E-state index is -1.66. The van der Waals surface area contributed by atoms with Gasteiger partial charge in [-0.05, 0) is 177 Å². The lowest BCUT2D eigenvalue weighted by atomic mass is 10.1. The van der Waals surface area contributed by atoms with Crippen LogP contribution in [-0.2, 0) is 0 Å². The molecule has 2 aromatic carbocycles. The Morgan fingerprint density at radius 2 is 0.465 bits per heavy atom. The molecule has 0 saturated heterocycles. The van der Waals surface area contributed by atoms with Crippen LogP contribution in [0.3, 0.4) is 0 Å². The van der Waals surface area contributed by atoms with E-state index in [1.165, 1.54) is 19.5 Å². The summed E-state index contributed by atoms with van der Waals surface area (Å²) < 4.78 is 8.34. The van der Waals surface area contributed by atoms with Crippen molar-refractivity contribution in [1.29, 1.82) is 0 Å². The average Bonchev–Trinajstić information content (AvgIpc) is 1.84. The third kappa shape index (κ3) is 15.6. The zero-order chi connectivity index (χ0) is 64.6. The van der Waals surface area contributed by atoms with Crippen LogP contribution in [0, 0.1) is 47.4 Å². The van der Waals surface area contributed by atoms with Crippen LogP contribution in [-0.4, -0.2) is 44.8 Å². The van der Waals surface area contributed by atoms with Crippen LogP contribution in [0.5, 0.6) is 0 Å². The maximum atomic E-state index is 3.78. The second-order valence-corrected chi connectivity index (χ2v) is 60.0. The second kappa shape index (κ2) is 32.0. The molecule has 0 aliphatic heterocycles. The fourth-order valence-corrected chi connectivity index (χ4v) is 57.7. The number of halogens is 2. The van der Waals surface area contributed by atoms with Gasteiger partial charge in [-0.25, -0.2) is 0 Å². The highest BCUT2D eigenvalue weighted by atomic mass is 79.9. The number of thioether (sulfide) groups is 2. The second-order valence-electron chi connectivity index (χ2n) is 27.3. The smallest absolute Gasteiger partial charge is 0.107 e. The Morgan fingerprint density at radius 3 is 0.640 bits per heavy atom. The molecule has 0 amide bonds. The normalized spacial score (nSPS) is 12.5. The van der Waals surface area contributed by atoms with Gasteiger partial charge < -0.3 is 0 Å². The van der Waals surface area contributed by atoms with E-state index < -0.39 is 32.3 Å². The molecule has 0 saturated carbocycles. The van der Waals surface area contributed by atoms with Gasteiger partial charge in [0, 0.05) is 41.0 Å². The van der Waals surface area contributed by atoms with Crippen molar-refractivity contribution in [2.45, 2.75) is 242 Å². The lowest BCUT2D eigenvalue weighted by Gasteiger charge is -2.42. The molecule has 6 aromatic rings. The molecule has 0 aliphatic carbocycles. The molecule has 0 unspecified atom stereocenters. The van der Waals surface area contributed by atoms with Gasteiger partial charge in [0.15, 0.2) is 0 Å². The van der Waals surface area contributed by atoms with Crippen molar-refractivity contribution in [3.8, 4) is 47.4 Å². The standard InChI is InChI=1S/C38H54S4Si2.C36H48Br2S2Si2/c1-25(2)43(26(3)4,27(5)6)37-21-19-33(41-37)17-15-31-23-36(40-14)32(24-35(31)39-13)16-18-34-20-22-38(42-34)44(28(7)8,29(9)10)30(11)12;1-23(2)41(24(3)4,25(5)6)35-19-17-31(39-35)15-13-29-21-34(38)30(22-33(29)37)14-16-32-18-20-36(40-32)42(26(7)8,27(9)10)28(11)12/h19-30H,1-14H3;17-28H,1-12H3. The van der Waals surface area contributed by atoms with E-state index >= 15 is 0 Å². The predicted octanol–water partition coefficient (Wildman–Crippen LogP) is 23.7. The summed E-state index contributed by atoms with van der Waals surface area (Å²) in [6.45, 7) is 58.3. The van der Waals surface area contributed by atoms with Crippen molar-refractivity contribution in [1.82, 2.24) is 0 Å². The quantitative estimate of drug-likeness (QED) is 0.0478. The van der Waals surface area contributed by atoms with Gasteiger partial charge in [-0.1, -0.05) is 238 Å². The van der Waals surface area contributed by atoms with Gasteiger partial charge in [0.1, 0.15) is 32.3 Å². The van der Waals surface area contributed by atoms with Gasteiger partial charge in [-0.3, -0.25) is 0 Å². The monoisotopic (exact) mass is 1450 g/mol. The van der Waals surface area contributed by atoms with E-state index in [2.05, 4.69) is 331 Å². The Hall–Kier alpha value is -1.99. The minimum Gasteiger partial charge on any atom is -0.136 e. The van der Waals surface area contributed by atoms with Gasteiger partial charge >= 0.3 is 0 Å². The molecular formula is C74H102Br2S6Si4. The number of hydrogen-bond donors (Lipinski definition) is 0. The number of hydrogen-bond acceptors (Lipinski definition) is 6. The van der Waals surface area contributed by atoms with Crippen molar-refractivity contribution in [2.24, 2.45) is 0 Å². The highest BCUT2D eigenvalue weighted by Gasteiger charge is 2.48. The van der Waals surface area contributed by atoms with E-state index in [4.69, 9.17) is 0 Å². The van der Waals surface area contributed by atoms with Crippen LogP contribution in [0.25, 0.3) is 0 Å². The third-order valence-corrected chi connectivity index (χ3v) is 58.1. The summed E-state index contributed by atoms with van der Waals surface area (Å²) in [7, 11) is -6.65. The summed E-state index contributed by atoms with van der Waals surface area (Å²) in [6.07, 6.45) is 4.29. The molecule has 4 aromatic heterocycles. The zero-order valence-electron chi connectivity index (χ0n) is 57.1. The van der Waals surface area contributed by atoms with Gasteiger partial charge in [0.25, 0.3) is 0 Å². The highest BCUT2D eigenvalue weighted by molar-refractivity contribution is 9.11. The van der Waals surface area contributed by atoms with Crippen molar-refractivity contribution >= 4 is 151 Å². The summed E-state index contributed by atoms with van der Waals surface area (Å²) in [5.41, 5.74) is 12.5. The molecule has 0 fully saturated rings. The SMILES string of the molecule is CC(C)[Si](c1ccc(C#Cc2cc(Br)c(C#Cc3ccc([Si](C(C)C)(C(C)C)C(C)C)s3)cc2Br)s1)(C(C)C)C(C)C.CSc1cc(C#Cc2ccc([Si](C(C)C)(C(C)C)C(C)C)s2)c(SC)cc1C#Cc1ccc([Si](C(C)C)(C(C)C)C(C)C)s1.